The van der Waals surface area contributed by atoms with Gasteiger partial charge >= 0.3 is 0 Å². The number of amides is 1. The van der Waals surface area contributed by atoms with E-state index in [9.17, 15) is 4.79 Å². The molecule has 0 aromatic rings. The maximum Gasteiger partial charge on any atom is 0.220 e. The number of unbranched alkanes of at least 4 members (excludes halogenated alkanes) is 4. The third kappa shape index (κ3) is 6.09. The molecule has 100 valence electrons. The SMILES string of the molecule is CCCCCCCC(=O)NC1CCC(C)(C)C1. The Labute approximate surface area is 107 Å². The van der Waals surface area contributed by atoms with Crippen LogP contribution < -0.4 is 5.32 Å². The highest BCUT2D eigenvalue weighted by atomic mass is 16.1. The Morgan fingerprint density at radius 3 is 2.53 bits per heavy atom. The van der Waals surface area contributed by atoms with E-state index in [1.165, 1.54) is 32.1 Å². The number of carbonyl (C=O) groups is 1. The van der Waals surface area contributed by atoms with E-state index in [2.05, 4.69) is 26.1 Å². The summed E-state index contributed by atoms with van der Waals surface area (Å²) in [5.41, 5.74) is 0.430. The van der Waals surface area contributed by atoms with Gasteiger partial charge in [-0.15, -0.1) is 0 Å². The molecule has 0 bridgehead atoms. The van der Waals surface area contributed by atoms with Crippen molar-refractivity contribution in [1.82, 2.24) is 5.32 Å². The van der Waals surface area contributed by atoms with Gasteiger partial charge in [0.15, 0.2) is 0 Å². The van der Waals surface area contributed by atoms with Crippen molar-refractivity contribution < 1.29 is 4.79 Å². The molecular formula is C15H29NO. The van der Waals surface area contributed by atoms with Gasteiger partial charge in [0.2, 0.25) is 5.91 Å². The topological polar surface area (TPSA) is 29.1 Å². The maximum absolute atomic E-state index is 11.7. The summed E-state index contributed by atoms with van der Waals surface area (Å²) in [5, 5.41) is 3.19. The minimum atomic E-state index is 0.268. The average molecular weight is 239 g/mol. The molecule has 17 heavy (non-hydrogen) atoms. The molecule has 2 heteroatoms. The molecule has 1 atom stereocenters. The molecule has 0 heterocycles. The standard InChI is InChI=1S/C15H29NO/c1-4-5-6-7-8-9-14(17)16-13-10-11-15(2,3)12-13/h13H,4-12H2,1-3H3,(H,16,17). The van der Waals surface area contributed by atoms with Gasteiger partial charge < -0.3 is 5.32 Å². The quantitative estimate of drug-likeness (QED) is 0.667. The molecule has 1 N–H and O–H groups in total. The Bertz CT molecular complexity index is 235. The van der Waals surface area contributed by atoms with Crippen molar-refractivity contribution in [3.05, 3.63) is 0 Å². The van der Waals surface area contributed by atoms with Gasteiger partial charge in [-0.1, -0.05) is 46.5 Å². The average Bonchev–Trinajstić information content (AvgIpc) is 2.57. The Morgan fingerprint density at radius 2 is 1.94 bits per heavy atom. The highest BCUT2D eigenvalue weighted by molar-refractivity contribution is 5.76. The first-order chi connectivity index (χ1) is 8.03. The molecule has 0 saturated heterocycles. The normalized spacial score (nSPS) is 22.6. The van der Waals surface area contributed by atoms with Crippen molar-refractivity contribution in [2.45, 2.75) is 84.6 Å². The molecule has 1 fully saturated rings. The minimum Gasteiger partial charge on any atom is -0.353 e. The summed E-state index contributed by atoms with van der Waals surface area (Å²) in [6, 6.07) is 0.438. The molecule has 0 aromatic carbocycles. The number of carbonyl (C=O) groups excluding carboxylic acids is 1. The molecule has 1 aliphatic rings. The predicted molar refractivity (Wildman–Crippen MR) is 72.9 cm³/mol. The van der Waals surface area contributed by atoms with Gasteiger partial charge in [0.05, 0.1) is 0 Å². The second-order valence-electron chi connectivity index (χ2n) is 6.34. The zero-order valence-corrected chi connectivity index (χ0v) is 11.8. The summed E-state index contributed by atoms with van der Waals surface area (Å²) < 4.78 is 0. The lowest BCUT2D eigenvalue weighted by molar-refractivity contribution is -0.121. The number of rotatable bonds is 7. The first-order valence-corrected chi connectivity index (χ1v) is 7.33. The van der Waals surface area contributed by atoms with Crippen LogP contribution in [0.4, 0.5) is 0 Å². The summed E-state index contributed by atoms with van der Waals surface area (Å²) in [5.74, 6) is 0.268. The summed E-state index contributed by atoms with van der Waals surface area (Å²) >= 11 is 0. The number of hydrogen-bond acceptors (Lipinski definition) is 1. The Hall–Kier alpha value is -0.530. The lowest BCUT2D eigenvalue weighted by Gasteiger charge is -2.17. The monoisotopic (exact) mass is 239 g/mol. The molecule has 0 aliphatic heterocycles. The van der Waals surface area contributed by atoms with Gasteiger partial charge in [0.25, 0.3) is 0 Å². The van der Waals surface area contributed by atoms with E-state index in [1.54, 1.807) is 0 Å². The summed E-state index contributed by atoms with van der Waals surface area (Å²) in [6.45, 7) is 6.81. The molecule has 1 aliphatic carbocycles. The number of nitrogens with one attached hydrogen (secondary N) is 1. The molecule has 0 radical (unpaired) electrons. The Kier molecular flexibility index (Phi) is 6.01. The van der Waals surface area contributed by atoms with Gasteiger partial charge in [-0.3, -0.25) is 4.79 Å². The van der Waals surface area contributed by atoms with E-state index in [-0.39, 0.29) is 5.91 Å². The van der Waals surface area contributed by atoms with Crippen LogP contribution in [0.15, 0.2) is 0 Å². The van der Waals surface area contributed by atoms with E-state index < -0.39 is 0 Å². The van der Waals surface area contributed by atoms with E-state index in [0.29, 0.717) is 11.5 Å². The molecule has 0 spiro atoms. The van der Waals surface area contributed by atoms with Crippen LogP contribution in [0.3, 0.4) is 0 Å². The lowest BCUT2D eigenvalue weighted by Crippen LogP contribution is -2.33. The molecule has 2 nitrogen and oxygen atoms in total. The van der Waals surface area contributed by atoms with Gasteiger partial charge in [0.1, 0.15) is 0 Å². The van der Waals surface area contributed by atoms with Crippen molar-refractivity contribution in [1.29, 1.82) is 0 Å². The van der Waals surface area contributed by atoms with Crippen molar-refractivity contribution in [3.8, 4) is 0 Å². The van der Waals surface area contributed by atoms with E-state index >= 15 is 0 Å². The van der Waals surface area contributed by atoms with E-state index in [1.807, 2.05) is 0 Å². The van der Waals surface area contributed by atoms with Crippen LogP contribution in [0.25, 0.3) is 0 Å². The fraction of sp³-hybridized carbons (Fsp3) is 0.933. The fourth-order valence-electron chi connectivity index (χ4n) is 2.75. The molecular weight excluding hydrogens is 210 g/mol. The molecule has 1 amide bonds. The minimum absolute atomic E-state index is 0.268. The molecule has 1 unspecified atom stereocenters. The van der Waals surface area contributed by atoms with Crippen LogP contribution >= 0.6 is 0 Å². The van der Waals surface area contributed by atoms with Gasteiger partial charge in [-0.25, -0.2) is 0 Å². The van der Waals surface area contributed by atoms with Crippen LogP contribution in [-0.2, 0) is 4.79 Å². The second kappa shape index (κ2) is 7.03. The van der Waals surface area contributed by atoms with Crippen LogP contribution in [0.1, 0.15) is 78.6 Å². The van der Waals surface area contributed by atoms with Crippen LogP contribution in [0.2, 0.25) is 0 Å². The largest absolute Gasteiger partial charge is 0.353 e. The van der Waals surface area contributed by atoms with Crippen LogP contribution in [0, 0.1) is 5.41 Å². The van der Waals surface area contributed by atoms with E-state index in [4.69, 9.17) is 0 Å². The Balaban J connectivity index is 2.05. The van der Waals surface area contributed by atoms with Crippen molar-refractivity contribution in [2.75, 3.05) is 0 Å². The lowest BCUT2D eigenvalue weighted by atomic mass is 9.92. The van der Waals surface area contributed by atoms with Crippen molar-refractivity contribution in [2.24, 2.45) is 5.41 Å². The number of hydrogen-bond donors (Lipinski definition) is 1. The third-order valence-electron chi connectivity index (χ3n) is 3.84. The predicted octanol–water partition coefficient (Wildman–Crippen LogP) is 4.04. The maximum atomic E-state index is 11.7. The van der Waals surface area contributed by atoms with Gasteiger partial charge in [-0.2, -0.15) is 0 Å². The molecule has 1 saturated carbocycles. The molecule has 0 aromatic heterocycles. The van der Waals surface area contributed by atoms with Crippen LogP contribution in [0.5, 0.6) is 0 Å². The first kappa shape index (κ1) is 14.5. The zero-order chi connectivity index (χ0) is 12.7. The summed E-state index contributed by atoms with van der Waals surface area (Å²) in [7, 11) is 0. The van der Waals surface area contributed by atoms with E-state index in [0.717, 1.165) is 25.7 Å². The van der Waals surface area contributed by atoms with Gasteiger partial charge in [-0.05, 0) is 31.1 Å². The highest BCUT2D eigenvalue weighted by Gasteiger charge is 2.31. The smallest absolute Gasteiger partial charge is 0.220 e. The third-order valence-corrected chi connectivity index (χ3v) is 3.84. The van der Waals surface area contributed by atoms with Crippen molar-refractivity contribution in [3.63, 3.8) is 0 Å². The summed E-state index contributed by atoms with van der Waals surface area (Å²) in [6.07, 6.45) is 10.4. The zero-order valence-electron chi connectivity index (χ0n) is 11.8. The first-order valence-electron chi connectivity index (χ1n) is 7.33. The highest BCUT2D eigenvalue weighted by Crippen LogP contribution is 2.36. The second-order valence-corrected chi connectivity index (χ2v) is 6.34. The van der Waals surface area contributed by atoms with Crippen LogP contribution in [-0.4, -0.2) is 11.9 Å². The molecule has 1 rings (SSSR count). The summed E-state index contributed by atoms with van der Waals surface area (Å²) in [4.78, 5) is 11.7. The Morgan fingerprint density at radius 1 is 1.24 bits per heavy atom. The van der Waals surface area contributed by atoms with Crippen molar-refractivity contribution >= 4 is 5.91 Å². The fourth-order valence-corrected chi connectivity index (χ4v) is 2.75. The van der Waals surface area contributed by atoms with Gasteiger partial charge in [0, 0.05) is 12.5 Å².